The Morgan fingerprint density at radius 3 is 2.57 bits per heavy atom. The molecule has 23 heavy (non-hydrogen) atoms. The summed E-state index contributed by atoms with van der Waals surface area (Å²) in [5.74, 6) is -2.17. The van der Waals surface area contributed by atoms with Crippen molar-refractivity contribution in [2.75, 3.05) is 13.2 Å². The fourth-order valence-electron chi connectivity index (χ4n) is 1.84. The first-order valence-corrected chi connectivity index (χ1v) is 7.87. The molecule has 0 aliphatic carbocycles. The molecule has 0 unspecified atom stereocenters. The molecule has 1 aromatic rings. The standard InChI is InChI=1S/C15H13NO5S2/c1-2-21-12(17)8-16-13(18)11(23-15(16)22)7-9-3-5-10(6-4-9)14(19)20/h3-7H,2,8H2,1H3,(H,19,20)/p-1/b11-7-. The number of aromatic carboxylic acids is 1. The molecule has 1 saturated heterocycles. The fourth-order valence-corrected chi connectivity index (χ4v) is 3.09. The molecule has 1 aliphatic rings. The smallest absolute Gasteiger partial charge is 0.326 e. The van der Waals surface area contributed by atoms with E-state index in [2.05, 4.69) is 0 Å². The van der Waals surface area contributed by atoms with E-state index < -0.39 is 11.9 Å². The van der Waals surface area contributed by atoms with Crippen LogP contribution in [0.25, 0.3) is 6.08 Å². The van der Waals surface area contributed by atoms with Gasteiger partial charge < -0.3 is 14.6 Å². The van der Waals surface area contributed by atoms with Crippen LogP contribution in [0, 0.1) is 0 Å². The average Bonchev–Trinajstić information content (AvgIpc) is 2.76. The van der Waals surface area contributed by atoms with Crippen LogP contribution in [0.1, 0.15) is 22.8 Å². The van der Waals surface area contributed by atoms with Crippen LogP contribution in [0.4, 0.5) is 0 Å². The van der Waals surface area contributed by atoms with Crippen molar-refractivity contribution >= 4 is 52.2 Å². The van der Waals surface area contributed by atoms with Gasteiger partial charge >= 0.3 is 5.97 Å². The second-order valence-corrected chi connectivity index (χ2v) is 6.16. The van der Waals surface area contributed by atoms with E-state index >= 15 is 0 Å². The SMILES string of the molecule is CCOC(=O)CN1C(=O)/C(=C/c2ccc(C(=O)[O-])cc2)SC1=S. The molecule has 1 aliphatic heterocycles. The molecule has 0 atom stereocenters. The van der Waals surface area contributed by atoms with Crippen molar-refractivity contribution in [1.29, 1.82) is 0 Å². The summed E-state index contributed by atoms with van der Waals surface area (Å²) in [5, 5.41) is 10.7. The number of thioether (sulfide) groups is 1. The van der Waals surface area contributed by atoms with Gasteiger partial charge in [-0.05, 0) is 24.1 Å². The Hall–Kier alpha value is -2.19. The van der Waals surface area contributed by atoms with Crippen LogP contribution in [-0.2, 0) is 14.3 Å². The Bertz CT molecular complexity index is 696. The van der Waals surface area contributed by atoms with E-state index in [1.54, 1.807) is 25.1 Å². The number of esters is 1. The molecular formula is C15H12NO5S2-. The van der Waals surface area contributed by atoms with E-state index in [1.807, 2.05) is 0 Å². The molecule has 0 spiro atoms. The van der Waals surface area contributed by atoms with Crippen molar-refractivity contribution in [2.24, 2.45) is 0 Å². The lowest BCUT2D eigenvalue weighted by Crippen LogP contribution is -2.34. The van der Waals surface area contributed by atoms with E-state index in [1.165, 1.54) is 17.0 Å². The molecule has 0 radical (unpaired) electrons. The first-order valence-electron chi connectivity index (χ1n) is 6.64. The third-order valence-electron chi connectivity index (χ3n) is 2.91. The molecule has 120 valence electrons. The fraction of sp³-hybridized carbons (Fsp3) is 0.200. The van der Waals surface area contributed by atoms with Crippen molar-refractivity contribution in [3.63, 3.8) is 0 Å². The molecule has 1 fully saturated rings. The quantitative estimate of drug-likeness (QED) is 0.441. The van der Waals surface area contributed by atoms with Gasteiger partial charge in [0.25, 0.3) is 5.91 Å². The van der Waals surface area contributed by atoms with Gasteiger partial charge in [-0.15, -0.1) is 0 Å². The van der Waals surface area contributed by atoms with Gasteiger partial charge in [0.15, 0.2) is 0 Å². The van der Waals surface area contributed by atoms with Gasteiger partial charge in [0.05, 0.1) is 17.5 Å². The molecular weight excluding hydrogens is 338 g/mol. The highest BCUT2D eigenvalue weighted by Crippen LogP contribution is 2.32. The summed E-state index contributed by atoms with van der Waals surface area (Å²) < 4.78 is 5.09. The maximum atomic E-state index is 12.3. The van der Waals surface area contributed by atoms with Gasteiger partial charge in [-0.25, -0.2) is 0 Å². The molecule has 1 heterocycles. The second kappa shape index (κ2) is 7.38. The van der Waals surface area contributed by atoms with E-state index in [-0.39, 0.29) is 28.9 Å². The number of nitrogens with zero attached hydrogens (tertiary/aromatic N) is 1. The summed E-state index contributed by atoms with van der Waals surface area (Å²) in [4.78, 5) is 36.0. The Labute approximate surface area is 142 Å². The number of rotatable bonds is 5. The minimum absolute atomic E-state index is 0.0528. The third kappa shape index (κ3) is 4.17. The van der Waals surface area contributed by atoms with E-state index in [0.29, 0.717) is 10.5 Å². The lowest BCUT2D eigenvalue weighted by Gasteiger charge is -2.12. The van der Waals surface area contributed by atoms with Crippen LogP contribution in [0.3, 0.4) is 0 Å². The molecule has 8 heteroatoms. The second-order valence-electron chi connectivity index (χ2n) is 4.48. The Morgan fingerprint density at radius 1 is 1.35 bits per heavy atom. The maximum Gasteiger partial charge on any atom is 0.326 e. The predicted octanol–water partition coefficient (Wildman–Crippen LogP) is 0.814. The number of carbonyl (C=O) groups is 3. The third-order valence-corrected chi connectivity index (χ3v) is 4.29. The van der Waals surface area contributed by atoms with Gasteiger partial charge in [-0.2, -0.15) is 0 Å². The number of amides is 1. The van der Waals surface area contributed by atoms with Gasteiger partial charge in [-0.1, -0.05) is 48.2 Å². The summed E-state index contributed by atoms with van der Waals surface area (Å²) in [5.41, 5.74) is 0.698. The molecule has 2 rings (SSSR count). The molecule has 0 aromatic heterocycles. The van der Waals surface area contributed by atoms with Crippen LogP contribution >= 0.6 is 24.0 Å². The van der Waals surface area contributed by atoms with Crippen molar-refractivity contribution in [3.8, 4) is 0 Å². The normalized spacial score (nSPS) is 16.0. The number of hydrogen-bond donors (Lipinski definition) is 0. The zero-order valence-electron chi connectivity index (χ0n) is 12.1. The van der Waals surface area contributed by atoms with Gasteiger partial charge in [0.2, 0.25) is 0 Å². The minimum Gasteiger partial charge on any atom is -0.545 e. The van der Waals surface area contributed by atoms with E-state index in [0.717, 1.165) is 11.8 Å². The summed E-state index contributed by atoms with van der Waals surface area (Å²) in [6, 6.07) is 5.90. The highest BCUT2D eigenvalue weighted by molar-refractivity contribution is 8.26. The Morgan fingerprint density at radius 2 is 2.00 bits per heavy atom. The largest absolute Gasteiger partial charge is 0.545 e. The van der Waals surface area contributed by atoms with Crippen molar-refractivity contribution in [1.82, 2.24) is 4.90 Å². The average molecular weight is 350 g/mol. The van der Waals surface area contributed by atoms with Crippen molar-refractivity contribution in [2.45, 2.75) is 6.92 Å². The number of hydrogen-bond acceptors (Lipinski definition) is 7. The Balaban J connectivity index is 2.14. The first-order chi connectivity index (χ1) is 10.9. The van der Waals surface area contributed by atoms with Crippen LogP contribution in [0.5, 0.6) is 0 Å². The number of carboxylic acids is 1. The zero-order valence-corrected chi connectivity index (χ0v) is 13.7. The molecule has 0 N–H and O–H groups in total. The summed E-state index contributed by atoms with van der Waals surface area (Å²) in [7, 11) is 0. The number of thiocarbonyl (C=S) groups is 1. The summed E-state index contributed by atoms with van der Waals surface area (Å²) >= 11 is 6.18. The number of benzene rings is 1. The van der Waals surface area contributed by atoms with Gasteiger partial charge in [-0.3, -0.25) is 14.5 Å². The number of ether oxygens (including phenoxy) is 1. The predicted molar refractivity (Wildman–Crippen MR) is 87.3 cm³/mol. The molecule has 6 nitrogen and oxygen atoms in total. The minimum atomic E-state index is -1.27. The van der Waals surface area contributed by atoms with Crippen LogP contribution in [0.2, 0.25) is 0 Å². The van der Waals surface area contributed by atoms with Gasteiger partial charge in [0, 0.05) is 0 Å². The lowest BCUT2D eigenvalue weighted by atomic mass is 10.1. The lowest BCUT2D eigenvalue weighted by molar-refractivity contribution is -0.255. The number of carboxylic acid groups (broad SMARTS) is 1. The van der Waals surface area contributed by atoms with Crippen molar-refractivity contribution in [3.05, 3.63) is 40.3 Å². The maximum absolute atomic E-state index is 12.3. The Kier molecular flexibility index (Phi) is 5.51. The van der Waals surface area contributed by atoms with Crippen LogP contribution in [-0.4, -0.2) is 40.2 Å². The van der Waals surface area contributed by atoms with Gasteiger partial charge in [0.1, 0.15) is 10.9 Å². The molecule has 1 amide bonds. The highest BCUT2D eigenvalue weighted by atomic mass is 32.2. The van der Waals surface area contributed by atoms with E-state index in [9.17, 15) is 19.5 Å². The van der Waals surface area contributed by atoms with Crippen LogP contribution in [0.15, 0.2) is 29.2 Å². The molecule has 0 saturated carbocycles. The number of carbonyl (C=O) groups excluding carboxylic acids is 3. The molecule has 0 bridgehead atoms. The topological polar surface area (TPSA) is 86.7 Å². The first kappa shape index (κ1) is 17.2. The zero-order chi connectivity index (χ0) is 17.0. The summed E-state index contributed by atoms with van der Waals surface area (Å²) in [6.07, 6.45) is 1.59. The molecule has 1 aromatic carbocycles. The highest BCUT2D eigenvalue weighted by Gasteiger charge is 2.33. The summed E-state index contributed by atoms with van der Waals surface area (Å²) in [6.45, 7) is 1.69. The van der Waals surface area contributed by atoms with E-state index in [4.69, 9.17) is 17.0 Å². The monoisotopic (exact) mass is 350 g/mol. The van der Waals surface area contributed by atoms with Crippen LogP contribution < -0.4 is 5.11 Å². The van der Waals surface area contributed by atoms with Crippen molar-refractivity contribution < 1.29 is 24.2 Å².